The molecule has 0 bridgehead atoms. The zero-order valence-electron chi connectivity index (χ0n) is 17.7. The summed E-state index contributed by atoms with van der Waals surface area (Å²) in [6, 6.07) is 0.0412. The zero-order chi connectivity index (χ0) is 19.9. The van der Waals surface area contributed by atoms with Crippen molar-refractivity contribution >= 4 is 36.0 Å². The van der Waals surface area contributed by atoms with E-state index in [-0.39, 0.29) is 36.1 Å². The van der Waals surface area contributed by atoms with E-state index in [0.717, 1.165) is 18.2 Å². The molecule has 1 heterocycles. The van der Waals surface area contributed by atoms with Crippen LogP contribution >= 0.6 is 24.0 Å². The molecule has 0 aliphatic rings. The average molecular weight is 495 g/mol. The van der Waals surface area contributed by atoms with Gasteiger partial charge in [0.05, 0.1) is 6.54 Å². The third-order valence-electron chi connectivity index (χ3n) is 3.94. The predicted molar refractivity (Wildman–Crippen MR) is 117 cm³/mol. The number of nitrogens with zero attached hydrogens (tertiary/aromatic N) is 6. The number of aromatic nitrogens is 3. The highest BCUT2D eigenvalue weighted by Gasteiger charge is 2.22. The number of ether oxygens (including phenoxy) is 1. The van der Waals surface area contributed by atoms with Crippen molar-refractivity contribution in [3.8, 4) is 0 Å². The summed E-state index contributed by atoms with van der Waals surface area (Å²) in [5.74, 6) is 1.62. The highest BCUT2D eigenvalue weighted by molar-refractivity contribution is 14.0. The smallest absolute Gasteiger partial charge is 0.410 e. The summed E-state index contributed by atoms with van der Waals surface area (Å²) in [6.07, 6.45) is 1.99. The summed E-state index contributed by atoms with van der Waals surface area (Å²) in [6.45, 7) is 8.87. The van der Waals surface area contributed by atoms with Crippen molar-refractivity contribution in [1.82, 2.24) is 29.9 Å². The van der Waals surface area contributed by atoms with Crippen LogP contribution in [0.1, 0.15) is 39.9 Å². The van der Waals surface area contributed by atoms with Gasteiger partial charge in [-0.15, -0.1) is 24.0 Å². The van der Waals surface area contributed by atoms with E-state index in [4.69, 9.17) is 4.74 Å². The van der Waals surface area contributed by atoms with Gasteiger partial charge in [-0.1, -0.05) is 0 Å². The summed E-state index contributed by atoms with van der Waals surface area (Å²) in [5.41, 5.74) is -0.492. The van der Waals surface area contributed by atoms with E-state index in [0.29, 0.717) is 13.1 Å². The number of carbonyl (C=O) groups excluding carboxylic acids is 1. The lowest BCUT2D eigenvalue weighted by Gasteiger charge is -2.29. The Morgan fingerprint density at radius 1 is 1.41 bits per heavy atom. The van der Waals surface area contributed by atoms with Gasteiger partial charge in [-0.25, -0.2) is 9.78 Å². The van der Waals surface area contributed by atoms with Gasteiger partial charge >= 0.3 is 6.09 Å². The van der Waals surface area contributed by atoms with Crippen molar-refractivity contribution in [3.05, 3.63) is 12.2 Å². The third kappa shape index (κ3) is 8.76. The molecule has 1 aromatic heterocycles. The standard InChI is InChI=1S/C17H33N7O2.HI/c1-13(23(7)16(25)26-17(2,3)4)9-10-19-15(18-5)22(6)11-14-20-12-21-24(14)8;/h12-13H,9-11H2,1-8H3,(H,18,19);1H. The Kier molecular flexibility index (Phi) is 10.6. The molecule has 0 aliphatic carbocycles. The van der Waals surface area contributed by atoms with Crippen LogP contribution in [0.2, 0.25) is 0 Å². The van der Waals surface area contributed by atoms with E-state index in [1.807, 2.05) is 46.7 Å². The number of nitrogens with one attached hydrogen (secondary N) is 1. The quantitative estimate of drug-likeness (QED) is 0.370. The van der Waals surface area contributed by atoms with Crippen LogP contribution in [0.3, 0.4) is 0 Å². The minimum Gasteiger partial charge on any atom is -0.444 e. The van der Waals surface area contributed by atoms with Gasteiger partial charge in [0.15, 0.2) is 5.96 Å². The van der Waals surface area contributed by atoms with Crippen molar-refractivity contribution < 1.29 is 9.53 Å². The normalized spacial score (nSPS) is 12.8. The van der Waals surface area contributed by atoms with E-state index >= 15 is 0 Å². The predicted octanol–water partition coefficient (Wildman–Crippen LogP) is 2.09. The number of guanidine groups is 1. The SMILES string of the molecule is CN=C(NCCC(C)N(C)C(=O)OC(C)(C)C)N(C)Cc1ncnn1C.I. The molecular weight excluding hydrogens is 461 g/mol. The van der Waals surface area contributed by atoms with Gasteiger partial charge in [-0.3, -0.25) is 9.67 Å². The minimum absolute atomic E-state index is 0. The van der Waals surface area contributed by atoms with Crippen LogP contribution in [0.4, 0.5) is 4.79 Å². The summed E-state index contributed by atoms with van der Waals surface area (Å²) in [4.78, 5) is 24.2. The average Bonchev–Trinajstić information content (AvgIpc) is 2.93. The number of aryl methyl sites for hydroxylation is 1. The second kappa shape index (κ2) is 11.3. The molecule has 9 nitrogen and oxygen atoms in total. The number of aliphatic imine (C=N–C) groups is 1. The van der Waals surface area contributed by atoms with Crippen molar-refractivity contribution in [1.29, 1.82) is 0 Å². The fourth-order valence-electron chi connectivity index (χ4n) is 2.24. The second-order valence-electron chi connectivity index (χ2n) is 7.36. The number of halogens is 1. The Balaban J connectivity index is 0.00000676. The first kappa shape index (κ1) is 25.4. The number of amides is 1. The Labute approximate surface area is 179 Å². The van der Waals surface area contributed by atoms with Gasteiger partial charge in [-0.2, -0.15) is 5.10 Å². The van der Waals surface area contributed by atoms with Crippen LogP contribution in [0.15, 0.2) is 11.3 Å². The molecule has 0 aliphatic heterocycles. The molecule has 0 fully saturated rings. The third-order valence-corrected chi connectivity index (χ3v) is 3.94. The number of carbonyl (C=O) groups is 1. The molecule has 1 amide bonds. The molecule has 156 valence electrons. The van der Waals surface area contributed by atoms with E-state index in [2.05, 4.69) is 20.4 Å². The van der Waals surface area contributed by atoms with E-state index in [9.17, 15) is 4.79 Å². The number of rotatable bonds is 6. The fraction of sp³-hybridized carbons (Fsp3) is 0.765. The molecule has 0 aromatic carbocycles. The summed E-state index contributed by atoms with van der Waals surface area (Å²) < 4.78 is 7.13. The number of hydrogen-bond acceptors (Lipinski definition) is 5. The first-order valence-corrected chi connectivity index (χ1v) is 8.75. The van der Waals surface area contributed by atoms with Crippen molar-refractivity contribution in [2.45, 2.75) is 52.3 Å². The van der Waals surface area contributed by atoms with Crippen molar-refractivity contribution in [3.63, 3.8) is 0 Å². The lowest BCUT2D eigenvalue weighted by molar-refractivity contribution is 0.0230. The fourth-order valence-corrected chi connectivity index (χ4v) is 2.24. The van der Waals surface area contributed by atoms with Gasteiger partial charge in [0, 0.05) is 40.8 Å². The lowest BCUT2D eigenvalue weighted by atomic mass is 10.2. The summed E-state index contributed by atoms with van der Waals surface area (Å²) in [7, 11) is 7.31. The Bertz CT molecular complexity index is 613. The van der Waals surface area contributed by atoms with Gasteiger partial charge in [0.1, 0.15) is 17.8 Å². The maximum atomic E-state index is 12.1. The Hall–Kier alpha value is -1.59. The first-order chi connectivity index (χ1) is 12.0. The van der Waals surface area contributed by atoms with Crippen LogP contribution in [0, 0.1) is 0 Å². The van der Waals surface area contributed by atoms with Gasteiger partial charge in [0.2, 0.25) is 0 Å². The van der Waals surface area contributed by atoms with Crippen LogP contribution < -0.4 is 5.32 Å². The van der Waals surface area contributed by atoms with Crippen molar-refractivity contribution in [2.75, 3.05) is 27.7 Å². The maximum absolute atomic E-state index is 12.1. The molecule has 0 saturated heterocycles. The molecule has 1 rings (SSSR count). The minimum atomic E-state index is -0.492. The highest BCUT2D eigenvalue weighted by atomic mass is 127. The van der Waals surface area contributed by atoms with Crippen LogP contribution in [0.25, 0.3) is 0 Å². The molecule has 1 unspecified atom stereocenters. The van der Waals surface area contributed by atoms with Gasteiger partial charge in [0.25, 0.3) is 0 Å². The molecule has 1 atom stereocenters. The molecule has 0 spiro atoms. The second-order valence-corrected chi connectivity index (χ2v) is 7.36. The monoisotopic (exact) mass is 495 g/mol. The zero-order valence-corrected chi connectivity index (χ0v) is 20.0. The van der Waals surface area contributed by atoms with Crippen LogP contribution in [0.5, 0.6) is 0 Å². The molecule has 0 radical (unpaired) electrons. The summed E-state index contributed by atoms with van der Waals surface area (Å²) >= 11 is 0. The maximum Gasteiger partial charge on any atom is 0.410 e. The Morgan fingerprint density at radius 3 is 2.52 bits per heavy atom. The van der Waals surface area contributed by atoms with E-state index in [1.54, 1.807) is 23.7 Å². The largest absolute Gasteiger partial charge is 0.444 e. The van der Waals surface area contributed by atoms with Crippen LogP contribution in [-0.2, 0) is 18.3 Å². The molecule has 1 N–H and O–H groups in total. The molecular formula is C17H34IN7O2. The topological polar surface area (TPSA) is 87.9 Å². The van der Waals surface area contributed by atoms with Crippen LogP contribution in [-0.4, -0.2) is 75.9 Å². The molecule has 10 heteroatoms. The summed E-state index contributed by atoms with van der Waals surface area (Å²) in [5, 5.41) is 7.38. The number of hydrogen-bond donors (Lipinski definition) is 1. The van der Waals surface area contributed by atoms with E-state index in [1.165, 1.54) is 6.33 Å². The highest BCUT2D eigenvalue weighted by Crippen LogP contribution is 2.11. The van der Waals surface area contributed by atoms with Crippen molar-refractivity contribution in [2.24, 2.45) is 12.0 Å². The Morgan fingerprint density at radius 2 is 2.04 bits per heavy atom. The van der Waals surface area contributed by atoms with Gasteiger partial charge < -0.3 is 19.9 Å². The lowest BCUT2D eigenvalue weighted by Crippen LogP contribution is -2.43. The first-order valence-electron chi connectivity index (χ1n) is 8.75. The van der Waals surface area contributed by atoms with Gasteiger partial charge in [-0.05, 0) is 34.1 Å². The molecule has 1 aromatic rings. The van der Waals surface area contributed by atoms with E-state index < -0.39 is 5.60 Å². The molecule has 27 heavy (non-hydrogen) atoms. The molecule has 0 saturated carbocycles.